The smallest absolute Gasteiger partial charge is 0.356 e. The second kappa shape index (κ2) is 9.00. The van der Waals surface area contributed by atoms with Gasteiger partial charge in [-0.2, -0.15) is 0 Å². The van der Waals surface area contributed by atoms with Crippen molar-refractivity contribution in [2.24, 2.45) is 5.92 Å². The van der Waals surface area contributed by atoms with Crippen LogP contribution in [0.25, 0.3) is 24.3 Å². The molecule has 0 radical (unpaired) electrons. The van der Waals surface area contributed by atoms with Gasteiger partial charge in [0.25, 0.3) is 0 Å². The van der Waals surface area contributed by atoms with Gasteiger partial charge in [-0.25, -0.2) is 9.78 Å². The van der Waals surface area contributed by atoms with E-state index in [4.69, 9.17) is 0 Å². The fourth-order valence-electron chi connectivity index (χ4n) is 2.97. The predicted molar refractivity (Wildman–Crippen MR) is 115 cm³/mol. The highest BCUT2D eigenvalue weighted by molar-refractivity contribution is 5.91. The van der Waals surface area contributed by atoms with Gasteiger partial charge in [-0.15, -0.1) is 0 Å². The molecule has 0 unspecified atom stereocenters. The Morgan fingerprint density at radius 3 is 1.96 bits per heavy atom. The van der Waals surface area contributed by atoms with Gasteiger partial charge in [0.15, 0.2) is 5.69 Å². The summed E-state index contributed by atoms with van der Waals surface area (Å²) in [5.41, 5.74) is 2.73. The Morgan fingerprint density at radius 1 is 0.929 bits per heavy atom. The maximum atomic E-state index is 11.8. The van der Waals surface area contributed by atoms with Crippen molar-refractivity contribution < 1.29 is 9.90 Å². The van der Waals surface area contributed by atoms with Crippen LogP contribution in [0.4, 0.5) is 0 Å². The van der Waals surface area contributed by atoms with E-state index in [0.717, 1.165) is 11.1 Å². The molecule has 1 aromatic heterocycles. The first-order valence-electron chi connectivity index (χ1n) is 9.34. The third-order valence-electron chi connectivity index (χ3n) is 4.24. The Labute approximate surface area is 165 Å². The molecule has 3 aromatic rings. The average Bonchev–Trinajstić information content (AvgIpc) is 3.03. The molecule has 3 rings (SSSR count). The quantitative estimate of drug-likeness (QED) is 0.589. The number of hydrogen-bond acceptors (Lipinski definition) is 2. The van der Waals surface area contributed by atoms with Crippen molar-refractivity contribution in [2.75, 3.05) is 0 Å². The minimum Gasteiger partial charge on any atom is -0.476 e. The van der Waals surface area contributed by atoms with Crippen LogP contribution in [0.2, 0.25) is 0 Å². The summed E-state index contributed by atoms with van der Waals surface area (Å²) in [7, 11) is 0. The highest BCUT2D eigenvalue weighted by Crippen LogP contribution is 2.20. The van der Waals surface area contributed by atoms with Crippen molar-refractivity contribution in [2.45, 2.75) is 20.4 Å². The highest BCUT2D eigenvalue weighted by Gasteiger charge is 2.19. The fourth-order valence-corrected chi connectivity index (χ4v) is 2.97. The summed E-state index contributed by atoms with van der Waals surface area (Å²) < 4.78 is 1.98. The number of hydrogen-bond donors (Lipinski definition) is 1. The molecule has 0 saturated heterocycles. The first-order valence-corrected chi connectivity index (χ1v) is 9.34. The molecule has 4 nitrogen and oxygen atoms in total. The van der Waals surface area contributed by atoms with Gasteiger partial charge in [-0.3, -0.25) is 0 Å². The van der Waals surface area contributed by atoms with Crippen LogP contribution in [0.3, 0.4) is 0 Å². The molecule has 0 fully saturated rings. The van der Waals surface area contributed by atoms with E-state index in [2.05, 4.69) is 18.8 Å². The molecule has 0 atom stereocenters. The fraction of sp³-hybridized carbons (Fsp3) is 0.167. The SMILES string of the molecule is CC(C)Cn1c(/C=C/c2ccccc2)nc(C(=O)O)c1/C=C/c1ccccc1. The lowest BCUT2D eigenvalue weighted by atomic mass is 10.1. The van der Waals surface area contributed by atoms with Crippen LogP contribution in [-0.4, -0.2) is 20.6 Å². The molecule has 0 bridgehead atoms. The van der Waals surface area contributed by atoms with Crippen LogP contribution in [0, 0.1) is 5.92 Å². The molecule has 0 spiro atoms. The van der Waals surface area contributed by atoms with Crippen molar-refractivity contribution >= 4 is 30.3 Å². The Bertz CT molecular complexity index is 984. The Morgan fingerprint density at radius 2 is 1.46 bits per heavy atom. The van der Waals surface area contributed by atoms with Gasteiger partial charge in [0.05, 0.1) is 5.69 Å². The Kier molecular flexibility index (Phi) is 6.22. The van der Waals surface area contributed by atoms with Crippen LogP contribution >= 0.6 is 0 Å². The molecule has 0 aliphatic rings. The Balaban J connectivity index is 2.05. The van der Waals surface area contributed by atoms with Gasteiger partial charge in [-0.05, 0) is 29.2 Å². The van der Waals surface area contributed by atoms with E-state index in [1.807, 2.05) is 89.5 Å². The summed E-state index contributed by atoms with van der Waals surface area (Å²) in [6.07, 6.45) is 7.60. The van der Waals surface area contributed by atoms with Crippen LogP contribution in [0.15, 0.2) is 60.7 Å². The molecule has 0 aliphatic heterocycles. The molecule has 1 N–H and O–H groups in total. The second-order valence-corrected chi connectivity index (χ2v) is 7.00. The number of aromatic nitrogens is 2. The molecule has 0 aliphatic carbocycles. The molecular formula is C24H24N2O2. The van der Waals surface area contributed by atoms with E-state index >= 15 is 0 Å². The first kappa shape index (κ1) is 19.4. The van der Waals surface area contributed by atoms with Gasteiger partial charge < -0.3 is 9.67 Å². The van der Waals surface area contributed by atoms with Crippen LogP contribution in [0.5, 0.6) is 0 Å². The molecule has 1 heterocycles. The predicted octanol–water partition coefficient (Wildman–Crippen LogP) is 5.58. The lowest BCUT2D eigenvalue weighted by Gasteiger charge is -2.11. The molecule has 0 saturated carbocycles. The first-order chi connectivity index (χ1) is 13.5. The minimum absolute atomic E-state index is 0.0699. The largest absolute Gasteiger partial charge is 0.476 e. The van der Waals surface area contributed by atoms with Gasteiger partial charge >= 0.3 is 5.97 Å². The standard InChI is InChI=1S/C24H24N2O2/c1-18(2)17-26-21(15-13-19-9-5-3-6-10-19)23(24(27)28)25-22(26)16-14-20-11-7-4-8-12-20/h3-16,18H,17H2,1-2H3,(H,27,28)/b15-13+,16-14+. The van der Waals surface area contributed by atoms with E-state index in [9.17, 15) is 9.90 Å². The number of benzene rings is 2. The van der Waals surface area contributed by atoms with Gasteiger partial charge in [0, 0.05) is 6.54 Å². The minimum atomic E-state index is -1.02. The van der Waals surface area contributed by atoms with Crippen molar-refractivity contribution in [3.63, 3.8) is 0 Å². The van der Waals surface area contributed by atoms with Crippen LogP contribution < -0.4 is 0 Å². The maximum Gasteiger partial charge on any atom is 0.356 e. The lowest BCUT2D eigenvalue weighted by molar-refractivity contribution is 0.0690. The second-order valence-electron chi connectivity index (χ2n) is 7.00. The number of rotatable bonds is 7. The average molecular weight is 372 g/mol. The molecule has 142 valence electrons. The number of carboxylic acid groups (broad SMARTS) is 1. The van der Waals surface area contributed by atoms with E-state index in [-0.39, 0.29) is 5.69 Å². The third kappa shape index (κ3) is 4.86. The molecule has 2 aromatic carbocycles. The summed E-state index contributed by atoms with van der Waals surface area (Å²) in [5, 5.41) is 9.69. The van der Waals surface area contributed by atoms with Gasteiger partial charge in [0.1, 0.15) is 5.82 Å². The lowest BCUT2D eigenvalue weighted by Crippen LogP contribution is -2.09. The summed E-state index contributed by atoms with van der Waals surface area (Å²) in [6.45, 7) is 4.90. The van der Waals surface area contributed by atoms with Gasteiger partial charge in [0.2, 0.25) is 0 Å². The summed E-state index contributed by atoms with van der Waals surface area (Å²) in [4.78, 5) is 16.2. The van der Waals surface area contributed by atoms with E-state index in [1.54, 1.807) is 0 Å². The zero-order chi connectivity index (χ0) is 19.9. The van der Waals surface area contributed by atoms with Gasteiger partial charge in [-0.1, -0.05) is 86.7 Å². The maximum absolute atomic E-state index is 11.8. The topological polar surface area (TPSA) is 55.1 Å². The van der Waals surface area contributed by atoms with E-state index in [1.165, 1.54) is 0 Å². The van der Waals surface area contributed by atoms with Crippen LogP contribution in [0.1, 0.15) is 47.0 Å². The zero-order valence-electron chi connectivity index (χ0n) is 16.1. The summed E-state index contributed by atoms with van der Waals surface area (Å²) >= 11 is 0. The van der Waals surface area contributed by atoms with E-state index < -0.39 is 5.97 Å². The summed E-state index contributed by atoms with van der Waals surface area (Å²) in [5.74, 6) is -0.0316. The van der Waals surface area contributed by atoms with Crippen molar-refractivity contribution in [3.05, 3.63) is 89.0 Å². The monoisotopic (exact) mass is 372 g/mol. The van der Waals surface area contributed by atoms with Crippen LogP contribution in [-0.2, 0) is 6.54 Å². The molecule has 0 amide bonds. The summed E-state index contributed by atoms with van der Waals surface area (Å²) in [6, 6.07) is 19.7. The molecular weight excluding hydrogens is 348 g/mol. The number of carbonyl (C=O) groups is 1. The Hall–Kier alpha value is -3.40. The van der Waals surface area contributed by atoms with Crippen molar-refractivity contribution in [1.82, 2.24) is 9.55 Å². The number of carboxylic acids is 1. The highest BCUT2D eigenvalue weighted by atomic mass is 16.4. The number of aromatic carboxylic acids is 1. The van der Waals surface area contributed by atoms with E-state index in [0.29, 0.717) is 24.0 Å². The normalized spacial score (nSPS) is 11.7. The molecule has 28 heavy (non-hydrogen) atoms. The number of imidazole rings is 1. The van der Waals surface area contributed by atoms with Crippen molar-refractivity contribution in [1.29, 1.82) is 0 Å². The van der Waals surface area contributed by atoms with Crippen molar-refractivity contribution in [3.8, 4) is 0 Å². The molecule has 4 heteroatoms. The zero-order valence-corrected chi connectivity index (χ0v) is 16.1. The number of nitrogens with zero attached hydrogens (tertiary/aromatic N) is 2. The third-order valence-corrected chi connectivity index (χ3v) is 4.24.